The highest BCUT2D eigenvalue weighted by Gasteiger charge is 2.25. The quantitative estimate of drug-likeness (QED) is 0.384. The van der Waals surface area contributed by atoms with E-state index in [2.05, 4.69) is 5.32 Å². The Morgan fingerprint density at radius 2 is 1.91 bits per heavy atom. The van der Waals surface area contributed by atoms with Crippen LogP contribution < -0.4 is 11.1 Å². The maximum Gasteiger partial charge on any atom is 0.0522 e. The number of nitrogens with one attached hydrogen (secondary N) is 1. The number of aliphatic hydroxyl groups is 2. The predicted molar refractivity (Wildman–Crippen MR) is 44.2 cm³/mol. The summed E-state index contributed by atoms with van der Waals surface area (Å²) in [4.78, 5) is 0. The first-order valence-electron chi connectivity index (χ1n) is 3.81. The number of aliphatic hydroxyl groups excluding tert-OH is 2. The zero-order valence-electron chi connectivity index (χ0n) is 7.01. The fourth-order valence-corrected chi connectivity index (χ4v) is 0.829. The lowest BCUT2D eigenvalue weighted by molar-refractivity contribution is 0.0550. The summed E-state index contributed by atoms with van der Waals surface area (Å²) < 4.78 is 0. The van der Waals surface area contributed by atoms with E-state index in [9.17, 15) is 0 Å². The summed E-state index contributed by atoms with van der Waals surface area (Å²) in [5.41, 5.74) is 4.92. The van der Waals surface area contributed by atoms with Gasteiger partial charge in [0.1, 0.15) is 0 Å². The Labute approximate surface area is 67.4 Å². The third-order valence-corrected chi connectivity index (χ3v) is 2.01. The van der Waals surface area contributed by atoms with Crippen molar-refractivity contribution in [2.24, 2.45) is 11.1 Å². The van der Waals surface area contributed by atoms with Crippen LogP contribution in [0.15, 0.2) is 0 Å². The Morgan fingerprint density at radius 3 is 2.18 bits per heavy atom. The van der Waals surface area contributed by atoms with E-state index in [-0.39, 0.29) is 13.2 Å². The molecule has 68 valence electrons. The minimum Gasteiger partial charge on any atom is -0.396 e. The summed E-state index contributed by atoms with van der Waals surface area (Å²) in [6.07, 6.45) is 0.701. The SMILES string of the molecule is CNCCC(CN)(CO)CO. The first kappa shape index (κ1) is 10.8. The molecule has 4 heteroatoms. The molecule has 11 heavy (non-hydrogen) atoms. The molecule has 0 unspecified atom stereocenters. The molecule has 0 heterocycles. The van der Waals surface area contributed by atoms with E-state index in [1.54, 1.807) is 0 Å². The van der Waals surface area contributed by atoms with Crippen molar-refractivity contribution in [3.63, 3.8) is 0 Å². The van der Waals surface area contributed by atoms with Gasteiger partial charge >= 0.3 is 0 Å². The van der Waals surface area contributed by atoms with Crippen LogP contribution in [-0.2, 0) is 0 Å². The van der Waals surface area contributed by atoms with E-state index >= 15 is 0 Å². The number of hydrogen-bond donors (Lipinski definition) is 4. The molecule has 0 amide bonds. The number of rotatable bonds is 6. The van der Waals surface area contributed by atoms with Crippen LogP contribution in [0.3, 0.4) is 0 Å². The van der Waals surface area contributed by atoms with Crippen LogP contribution in [0, 0.1) is 5.41 Å². The second-order valence-electron chi connectivity index (χ2n) is 2.87. The standard InChI is InChI=1S/C7H18N2O2/c1-9-3-2-7(4-8,5-10)6-11/h9-11H,2-6,8H2,1H3. The molecular formula is C7H18N2O2. The lowest BCUT2D eigenvalue weighted by Gasteiger charge is -2.27. The van der Waals surface area contributed by atoms with Gasteiger partial charge in [-0.2, -0.15) is 0 Å². The number of nitrogens with two attached hydrogens (primary N) is 1. The Morgan fingerprint density at radius 1 is 1.36 bits per heavy atom. The molecule has 5 N–H and O–H groups in total. The Bertz CT molecular complexity index is 86.2. The van der Waals surface area contributed by atoms with Gasteiger partial charge in [-0.3, -0.25) is 0 Å². The maximum atomic E-state index is 8.94. The van der Waals surface area contributed by atoms with Gasteiger partial charge in [-0.25, -0.2) is 0 Å². The largest absolute Gasteiger partial charge is 0.396 e. The van der Waals surface area contributed by atoms with Crippen LogP contribution in [-0.4, -0.2) is 43.6 Å². The minimum atomic E-state index is -0.497. The molecule has 4 nitrogen and oxygen atoms in total. The van der Waals surface area contributed by atoms with Gasteiger partial charge in [0, 0.05) is 12.0 Å². The zero-order valence-corrected chi connectivity index (χ0v) is 7.01. The Kier molecular flexibility index (Phi) is 5.41. The normalized spacial score (nSPS) is 12.0. The van der Waals surface area contributed by atoms with Crippen molar-refractivity contribution in [2.75, 3.05) is 33.4 Å². The molecule has 0 saturated carbocycles. The molecule has 0 atom stereocenters. The lowest BCUT2D eigenvalue weighted by Crippen LogP contribution is -2.40. The maximum absolute atomic E-state index is 8.94. The Hall–Kier alpha value is -0.160. The zero-order chi connectivity index (χ0) is 8.74. The summed E-state index contributed by atoms with van der Waals surface area (Å²) in [6, 6.07) is 0. The molecule has 0 aromatic heterocycles. The van der Waals surface area contributed by atoms with Gasteiger partial charge < -0.3 is 21.3 Å². The minimum absolute atomic E-state index is 0.0539. The van der Waals surface area contributed by atoms with Crippen molar-refractivity contribution in [3.8, 4) is 0 Å². The van der Waals surface area contributed by atoms with Crippen LogP contribution in [0.25, 0.3) is 0 Å². The predicted octanol–water partition coefficient (Wildman–Crippen LogP) is -1.47. The Balaban J connectivity index is 3.84. The number of hydrogen-bond acceptors (Lipinski definition) is 4. The van der Waals surface area contributed by atoms with Crippen LogP contribution in [0.2, 0.25) is 0 Å². The van der Waals surface area contributed by atoms with Crippen LogP contribution >= 0.6 is 0 Å². The molecule has 0 aliphatic carbocycles. The smallest absolute Gasteiger partial charge is 0.0522 e. The van der Waals surface area contributed by atoms with Gasteiger partial charge in [0.25, 0.3) is 0 Å². The van der Waals surface area contributed by atoms with Crippen molar-refractivity contribution in [2.45, 2.75) is 6.42 Å². The summed E-state index contributed by atoms with van der Waals surface area (Å²) >= 11 is 0. The van der Waals surface area contributed by atoms with Crippen LogP contribution in [0.1, 0.15) is 6.42 Å². The topological polar surface area (TPSA) is 78.5 Å². The first-order chi connectivity index (χ1) is 5.24. The van der Waals surface area contributed by atoms with Gasteiger partial charge in [0.05, 0.1) is 13.2 Å². The summed E-state index contributed by atoms with van der Waals surface area (Å²) in [5, 5.41) is 20.8. The molecular weight excluding hydrogens is 144 g/mol. The average molecular weight is 162 g/mol. The van der Waals surface area contributed by atoms with E-state index in [0.29, 0.717) is 13.0 Å². The van der Waals surface area contributed by atoms with Gasteiger partial charge in [-0.1, -0.05) is 0 Å². The molecule has 0 spiro atoms. The van der Waals surface area contributed by atoms with E-state index in [1.165, 1.54) is 0 Å². The molecule has 0 saturated heterocycles. The van der Waals surface area contributed by atoms with Gasteiger partial charge in [0.2, 0.25) is 0 Å². The molecule has 0 fully saturated rings. The monoisotopic (exact) mass is 162 g/mol. The van der Waals surface area contributed by atoms with Gasteiger partial charge in [-0.05, 0) is 20.0 Å². The molecule has 0 rings (SSSR count). The summed E-state index contributed by atoms with van der Waals surface area (Å²) in [7, 11) is 1.83. The second-order valence-corrected chi connectivity index (χ2v) is 2.87. The fraction of sp³-hybridized carbons (Fsp3) is 1.00. The highest BCUT2D eigenvalue weighted by Crippen LogP contribution is 2.17. The van der Waals surface area contributed by atoms with E-state index in [4.69, 9.17) is 15.9 Å². The van der Waals surface area contributed by atoms with E-state index < -0.39 is 5.41 Å². The molecule has 0 aliphatic heterocycles. The summed E-state index contributed by atoms with van der Waals surface area (Å²) in [5.74, 6) is 0. The third-order valence-electron chi connectivity index (χ3n) is 2.01. The van der Waals surface area contributed by atoms with Crippen molar-refractivity contribution >= 4 is 0 Å². The molecule has 0 aromatic carbocycles. The fourth-order valence-electron chi connectivity index (χ4n) is 0.829. The van der Waals surface area contributed by atoms with E-state index in [1.807, 2.05) is 7.05 Å². The highest BCUT2D eigenvalue weighted by molar-refractivity contribution is 4.79. The van der Waals surface area contributed by atoms with Crippen molar-refractivity contribution in [1.82, 2.24) is 5.32 Å². The molecule has 0 aromatic rings. The molecule has 0 bridgehead atoms. The molecule has 0 radical (unpaired) electrons. The van der Waals surface area contributed by atoms with E-state index in [0.717, 1.165) is 6.54 Å². The summed E-state index contributed by atoms with van der Waals surface area (Å²) in [6.45, 7) is 0.976. The van der Waals surface area contributed by atoms with Gasteiger partial charge in [0.15, 0.2) is 0 Å². The highest BCUT2D eigenvalue weighted by atomic mass is 16.3. The van der Waals surface area contributed by atoms with Crippen molar-refractivity contribution in [1.29, 1.82) is 0 Å². The van der Waals surface area contributed by atoms with Crippen molar-refractivity contribution in [3.05, 3.63) is 0 Å². The first-order valence-corrected chi connectivity index (χ1v) is 3.81. The lowest BCUT2D eigenvalue weighted by atomic mass is 9.86. The van der Waals surface area contributed by atoms with Gasteiger partial charge in [-0.15, -0.1) is 0 Å². The van der Waals surface area contributed by atoms with Crippen molar-refractivity contribution < 1.29 is 10.2 Å². The average Bonchev–Trinajstić information content (AvgIpc) is 2.08. The van der Waals surface area contributed by atoms with Crippen LogP contribution in [0.5, 0.6) is 0 Å². The second kappa shape index (κ2) is 5.49. The molecule has 0 aliphatic rings. The van der Waals surface area contributed by atoms with Crippen LogP contribution in [0.4, 0.5) is 0 Å². The third kappa shape index (κ3) is 3.16.